The molecule has 0 bridgehead atoms. The Hall–Kier alpha value is -0.530. The normalized spacial score (nSPS) is 28.4. The van der Waals surface area contributed by atoms with E-state index in [0.717, 1.165) is 0 Å². The van der Waals surface area contributed by atoms with Gasteiger partial charge in [-0.2, -0.15) is 0 Å². The topological polar surface area (TPSA) is 37.3 Å². The fourth-order valence-corrected chi connectivity index (χ4v) is 2.68. The van der Waals surface area contributed by atoms with Crippen molar-refractivity contribution in [2.24, 2.45) is 17.3 Å². The fraction of sp³-hybridized carbons (Fsp3) is 0.917. The molecule has 82 valence electrons. The van der Waals surface area contributed by atoms with Gasteiger partial charge >= 0.3 is 5.97 Å². The Balaban J connectivity index is 2.47. The molecule has 2 heteroatoms. The van der Waals surface area contributed by atoms with Gasteiger partial charge in [0.05, 0.1) is 0 Å². The van der Waals surface area contributed by atoms with Crippen molar-refractivity contribution >= 4 is 5.97 Å². The molecule has 1 N–H and O–H groups in total. The maximum Gasteiger partial charge on any atom is 0.303 e. The largest absolute Gasteiger partial charge is 0.481 e. The average molecular weight is 198 g/mol. The van der Waals surface area contributed by atoms with Gasteiger partial charge in [0, 0.05) is 6.42 Å². The minimum atomic E-state index is -0.652. The van der Waals surface area contributed by atoms with Crippen molar-refractivity contribution in [2.45, 2.75) is 52.9 Å². The average Bonchev–Trinajstić information content (AvgIpc) is 2.01. The van der Waals surface area contributed by atoms with Crippen molar-refractivity contribution in [3.05, 3.63) is 0 Å². The van der Waals surface area contributed by atoms with Crippen LogP contribution in [0.2, 0.25) is 0 Å². The Morgan fingerprint density at radius 3 is 2.71 bits per heavy atom. The Labute approximate surface area is 86.7 Å². The van der Waals surface area contributed by atoms with E-state index in [9.17, 15) is 4.79 Å². The second-order valence-corrected chi connectivity index (χ2v) is 5.60. The molecule has 0 saturated heterocycles. The van der Waals surface area contributed by atoms with E-state index in [2.05, 4.69) is 20.8 Å². The van der Waals surface area contributed by atoms with E-state index in [1.165, 1.54) is 25.7 Å². The molecule has 14 heavy (non-hydrogen) atoms. The first-order chi connectivity index (χ1) is 6.41. The first-order valence-corrected chi connectivity index (χ1v) is 5.62. The lowest BCUT2D eigenvalue weighted by Gasteiger charge is -2.37. The molecule has 2 nitrogen and oxygen atoms in total. The van der Waals surface area contributed by atoms with Gasteiger partial charge in [0.2, 0.25) is 0 Å². The van der Waals surface area contributed by atoms with Gasteiger partial charge in [-0.15, -0.1) is 0 Å². The van der Waals surface area contributed by atoms with Gasteiger partial charge in [0.1, 0.15) is 0 Å². The van der Waals surface area contributed by atoms with E-state index in [1.54, 1.807) is 0 Å². The van der Waals surface area contributed by atoms with E-state index >= 15 is 0 Å². The van der Waals surface area contributed by atoms with Crippen molar-refractivity contribution in [2.75, 3.05) is 0 Å². The van der Waals surface area contributed by atoms with Gasteiger partial charge in [-0.25, -0.2) is 0 Å². The quantitative estimate of drug-likeness (QED) is 0.755. The molecule has 0 aromatic heterocycles. The summed E-state index contributed by atoms with van der Waals surface area (Å²) >= 11 is 0. The number of carbonyl (C=O) groups is 1. The molecule has 0 heterocycles. The van der Waals surface area contributed by atoms with E-state index in [1.807, 2.05) is 0 Å². The molecule has 0 radical (unpaired) electrons. The first kappa shape index (κ1) is 11.5. The van der Waals surface area contributed by atoms with Gasteiger partial charge in [-0.1, -0.05) is 33.6 Å². The van der Waals surface area contributed by atoms with Crippen molar-refractivity contribution in [1.82, 2.24) is 0 Å². The molecule has 0 aromatic carbocycles. The van der Waals surface area contributed by atoms with Crippen LogP contribution in [0.3, 0.4) is 0 Å². The minimum absolute atomic E-state index is 0.334. The van der Waals surface area contributed by atoms with Crippen molar-refractivity contribution in [3.63, 3.8) is 0 Å². The number of aliphatic carboxylic acids is 1. The molecular formula is C12H22O2. The van der Waals surface area contributed by atoms with E-state index in [0.29, 0.717) is 23.7 Å². The van der Waals surface area contributed by atoms with E-state index < -0.39 is 5.97 Å². The highest BCUT2D eigenvalue weighted by molar-refractivity contribution is 5.66. The van der Waals surface area contributed by atoms with Crippen molar-refractivity contribution in [1.29, 1.82) is 0 Å². The Kier molecular flexibility index (Phi) is 3.57. The lowest BCUT2D eigenvalue weighted by Crippen LogP contribution is -2.27. The maximum atomic E-state index is 10.6. The Bertz CT molecular complexity index is 208. The summed E-state index contributed by atoms with van der Waals surface area (Å²) in [5.74, 6) is 0.308. The molecule has 1 fully saturated rings. The smallest absolute Gasteiger partial charge is 0.303 e. The molecule has 1 saturated carbocycles. The SMILES string of the molecule is CC(CC(=O)O)C1CCCC(C)(C)C1. The van der Waals surface area contributed by atoms with Crippen molar-refractivity contribution in [3.8, 4) is 0 Å². The lowest BCUT2D eigenvalue weighted by molar-refractivity contribution is -0.138. The summed E-state index contributed by atoms with van der Waals surface area (Å²) in [6.45, 7) is 6.68. The zero-order valence-corrected chi connectivity index (χ0v) is 9.55. The summed E-state index contributed by atoms with van der Waals surface area (Å²) in [7, 11) is 0. The highest BCUT2D eigenvalue weighted by Crippen LogP contribution is 2.42. The summed E-state index contributed by atoms with van der Waals surface area (Å²) in [6, 6.07) is 0. The zero-order valence-electron chi connectivity index (χ0n) is 9.55. The molecule has 2 unspecified atom stereocenters. The van der Waals surface area contributed by atoms with Crippen LogP contribution >= 0.6 is 0 Å². The van der Waals surface area contributed by atoms with Gasteiger partial charge in [-0.05, 0) is 30.1 Å². The molecule has 0 amide bonds. The standard InChI is InChI=1S/C12H22O2/c1-9(7-11(13)14)10-5-4-6-12(2,3)8-10/h9-10H,4-8H2,1-3H3,(H,13,14). The van der Waals surface area contributed by atoms with Crippen LogP contribution < -0.4 is 0 Å². The number of carboxylic acids is 1. The van der Waals surface area contributed by atoms with Crippen LogP contribution in [0.5, 0.6) is 0 Å². The van der Waals surface area contributed by atoms with E-state index in [4.69, 9.17) is 5.11 Å². The van der Waals surface area contributed by atoms with Gasteiger partial charge in [0.15, 0.2) is 0 Å². The first-order valence-electron chi connectivity index (χ1n) is 5.62. The van der Waals surface area contributed by atoms with Crippen LogP contribution in [0.15, 0.2) is 0 Å². The molecule has 1 rings (SSSR count). The summed E-state index contributed by atoms with van der Waals surface area (Å²) in [5, 5.41) is 8.74. The monoisotopic (exact) mass is 198 g/mol. The van der Waals surface area contributed by atoms with E-state index in [-0.39, 0.29) is 0 Å². The number of hydrogen-bond acceptors (Lipinski definition) is 1. The van der Waals surface area contributed by atoms with Crippen molar-refractivity contribution < 1.29 is 9.90 Å². The fourth-order valence-electron chi connectivity index (χ4n) is 2.68. The third-order valence-corrected chi connectivity index (χ3v) is 3.54. The minimum Gasteiger partial charge on any atom is -0.481 e. The number of hydrogen-bond donors (Lipinski definition) is 1. The third kappa shape index (κ3) is 3.32. The lowest BCUT2D eigenvalue weighted by atomic mass is 9.68. The predicted molar refractivity (Wildman–Crippen MR) is 57.2 cm³/mol. The predicted octanol–water partition coefficient (Wildman–Crippen LogP) is 3.31. The van der Waals surface area contributed by atoms with Gasteiger partial charge in [-0.3, -0.25) is 4.79 Å². The van der Waals surface area contributed by atoms with Crippen LogP contribution in [-0.2, 0) is 4.79 Å². The highest BCUT2D eigenvalue weighted by Gasteiger charge is 2.31. The van der Waals surface area contributed by atoms with Gasteiger partial charge < -0.3 is 5.11 Å². The Morgan fingerprint density at radius 2 is 2.21 bits per heavy atom. The second kappa shape index (κ2) is 4.33. The second-order valence-electron chi connectivity index (χ2n) is 5.60. The summed E-state index contributed by atoms with van der Waals surface area (Å²) in [6.07, 6.45) is 5.31. The maximum absolute atomic E-state index is 10.6. The summed E-state index contributed by atoms with van der Waals surface area (Å²) in [5.41, 5.74) is 0.426. The van der Waals surface area contributed by atoms with Crippen LogP contribution in [-0.4, -0.2) is 11.1 Å². The summed E-state index contributed by atoms with van der Waals surface area (Å²) in [4.78, 5) is 10.6. The highest BCUT2D eigenvalue weighted by atomic mass is 16.4. The third-order valence-electron chi connectivity index (χ3n) is 3.54. The molecule has 0 aromatic rings. The molecule has 0 spiro atoms. The van der Waals surface area contributed by atoms with Crippen LogP contribution in [0.25, 0.3) is 0 Å². The van der Waals surface area contributed by atoms with Crippen LogP contribution in [0.4, 0.5) is 0 Å². The van der Waals surface area contributed by atoms with Crippen LogP contribution in [0, 0.1) is 17.3 Å². The zero-order chi connectivity index (χ0) is 10.8. The summed E-state index contributed by atoms with van der Waals surface area (Å²) < 4.78 is 0. The molecular weight excluding hydrogens is 176 g/mol. The number of rotatable bonds is 3. The van der Waals surface area contributed by atoms with Gasteiger partial charge in [0.25, 0.3) is 0 Å². The molecule has 1 aliphatic carbocycles. The molecule has 0 aliphatic heterocycles. The molecule has 2 atom stereocenters. The van der Waals surface area contributed by atoms with Crippen LogP contribution in [0.1, 0.15) is 52.9 Å². The Morgan fingerprint density at radius 1 is 1.57 bits per heavy atom. The number of carboxylic acid groups (broad SMARTS) is 1. The molecule has 1 aliphatic rings.